The maximum absolute atomic E-state index is 13.3. The number of carbonyl (C=O) groups is 1. The van der Waals surface area contributed by atoms with Crippen molar-refractivity contribution in [2.75, 3.05) is 13.1 Å². The summed E-state index contributed by atoms with van der Waals surface area (Å²) >= 11 is 6.18. The molecule has 1 aliphatic rings. The number of hydrogen-bond acceptors (Lipinski definition) is 4. The number of nitrogens with zero attached hydrogens (tertiary/aromatic N) is 2. The largest absolute Gasteiger partial charge is 0.388 e. The maximum Gasteiger partial charge on any atom is 0.257 e. The van der Waals surface area contributed by atoms with Crippen LogP contribution in [0.15, 0.2) is 42.6 Å². The monoisotopic (exact) mass is 387 g/mol. The topological polar surface area (TPSA) is 65.5 Å². The molecular weight excluding hydrogens is 362 g/mol. The molecule has 2 heterocycles. The molecule has 1 aromatic carbocycles. The van der Waals surface area contributed by atoms with Gasteiger partial charge in [-0.1, -0.05) is 41.4 Å². The van der Waals surface area contributed by atoms with Gasteiger partial charge in [0.2, 0.25) is 0 Å². The molecule has 144 valence electrons. The molecule has 1 atom stereocenters. The van der Waals surface area contributed by atoms with Gasteiger partial charge in [-0.15, -0.1) is 0 Å². The van der Waals surface area contributed by atoms with Crippen molar-refractivity contribution >= 4 is 17.5 Å². The fraction of sp³-hybridized carbons (Fsp3) is 0.429. The smallest absolute Gasteiger partial charge is 0.257 e. The average molecular weight is 388 g/mol. The molecule has 2 N–H and O–H groups in total. The molecule has 0 aliphatic carbocycles. The highest BCUT2D eigenvalue weighted by Gasteiger charge is 2.40. The summed E-state index contributed by atoms with van der Waals surface area (Å²) in [5, 5.41) is 14.7. The van der Waals surface area contributed by atoms with Crippen molar-refractivity contribution in [3.8, 4) is 0 Å². The Morgan fingerprint density at radius 1 is 1.30 bits per heavy atom. The zero-order valence-corrected chi connectivity index (χ0v) is 16.5. The number of halogens is 1. The Bertz CT molecular complexity index is 788. The van der Waals surface area contributed by atoms with Crippen LogP contribution < -0.4 is 5.32 Å². The van der Waals surface area contributed by atoms with E-state index in [0.29, 0.717) is 24.9 Å². The van der Waals surface area contributed by atoms with Gasteiger partial charge in [0.1, 0.15) is 5.15 Å². The minimum absolute atomic E-state index is 0.181. The van der Waals surface area contributed by atoms with Crippen molar-refractivity contribution in [3.63, 3.8) is 0 Å². The van der Waals surface area contributed by atoms with E-state index in [1.54, 1.807) is 23.2 Å². The van der Waals surface area contributed by atoms with Crippen molar-refractivity contribution in [2.45, 2.75) is 44.9 Å². The lowest BCUT2D eigenvalue weighted by molar-refractivity contribution is -0.0555. The summed E-state index contributed by atoms with van der Waals surface area (Å²) in [5.74, 6) is -0.215. The van der Waals surface area contributed by atoms with Gasteiger partial charge in [-0.3, -0.25) is 4.79 Å². The highest BCUT2D eigenvalue weighted by atomic mass is 35.5. The van der Waals surface area contributed by atoms with Crippen LogP contribution in [-0.4, -0.2) is 45.6 Å². The standard InChI is InChI=1S/C21H26ClN3O2/c1-15-5-7-17(8-6-15)14-25(16(2)21(27)9-12-23-13-10-21)20(26)18-4-3-11-24-19(18)22/h3-8,11,16,23,27H,9-10,12-14H2,1-2H3. The van der Waals surface area contributed by atoms with Gasteiger partial charge in [-0.05, 0) is 57.5 Å². The number of pyridine rings is 1. The molecule has 1 amide bonds. The zero-order valence-electron chi connectivity index (χ0n) is 15.8. The van der Waals surface area contributed by atoms with Crippen LogP contribution in [-0.2, 0) is 6.54 Å². The number of benzene rings is 1. The molecule has 1 aromatic heterocycles. The van der Waals surface area contributed by atoms with Crippen LogP contribution in [0.25, 0.3) is 0 Å². The third kappa shape index (κ3) is 4.49. The van der Waals surface area contributed by atoms with Crippen molar-refractivity contribution < 1.29 is 9.90 Å². The summed E-state index contributed by atoms with van der Waals surface area (Å²) < 4.78 is 0. The normalized spacial score (nSPS) is 17.3. The van der Waals surface area contributed by atoms with Crippen LogP contribution in [0.4, 0.5) is 0 Å². The number of piperidine rings is 1. The third-order valence-electron chi connectivity index (χ3n) is 5.44. The number of nitrogens with one attached hydrogen (secondary N) is 1. The first-order valence-corrected chi connectivity index (χ1v) is 9.69. The van der Waals surface area contributed by atoms with E-state index in [0.717, 1.165) is 24.2 Å². The summed E-state index contributed by atoms with van der Waals surface area (Å²) in [5.41, 5.74) is 1.60. The molecule has 6 heteroatoms. The summed E-state index contributed by atoms with van der Waals surface area (Å²) in [4.78, 5) is 19.1. The second-order valence-electron chi connectivity index (χ2n) is 7.29. The summed E-state index contributed by atoms with van der Waals surface area (Å²) in [6.45, 7) is 5.83. The molecular formula is C21H26ClN3O2. The van der Waals surface area contributed by atoms with Crippen LogP contribution >= 0.6 is 11.6 Å². The van der Waals surface area contributed by atoms with E-state index in [2.05, 4.69) is 10.3 Å². The second-order valence-corrected chi connectivity index (χ2v) is 7.65. The molecule has 1 fully saturated rings. The van der Waals surface area contributed by atoms with Crippen LogP contribution in [0.5, 0.6) is 0 Å². The number of aliphatic hydroxyl groups is 1. The predicted molar refractivity (Wildman–Crippen MR) is 107 cm³/mol. The van der Waals surface area contributed by atoms with Crippen LogP contribution in [0, 0.1) is 6.92 Å². The molecule has 3 rings (SSSR count). The van der Waals surface area contributed by atoms with Gasteiger partial charge in [0.05, 0.1) is 17.2 Å². The first-order chi connectivity index (χ1) is 12.9. The van der Waals surface area contributed by atoms with Crippen LogP contribution in [0.1, 0.15) is 41.3 Å². The Balaban J connectivity index is 1.93. The predicted octanol–water partition coefficient (Wildman–Crippen LogP) is 3.19. The first kappa shape index (κ1) is 19.8. The number of amides is 1. The Kier molecular flexibility index (Phi) is 6.15. The number of aromatic nitrogens is 1. The molecule has 1 saturated heterocycles. The van der Waals surface area contributed by atoms with Gasteiger partial charge in [-0.2, -0.15) is 0 Å². The van der Waals surface area contributed by atoms with Crippen molar-refractivity contribution in [3.05, 3.63) is 64.4 Å². The lowest BCUT2D eigenvalue weighted by Gasteiger charge is -2.43. The first-order valence-electron chi connectivity index (χ1n) is 9.31. The molecule has 0 bridgehead atoms. The quantitative estimate of drug-likeness (QED) is 0.773. The van der Waals surface area contributed by atoms with E-state index in [4.69, 9.17) is 11.6 Å². The Morgan fingerprint density at radius 3 is 2.59 bits per heavy atom. The van der Waals surface area contributed by atoms with Crippen LogP contribution in [0.2, 0.25) is 5.15 Å². The zero-order chi connectivity index (χ0) is 19.4. The van der Waals surface area contributed by atoms with Crippen molar-refractivity contribution in [2.24, 2.45) is 0 Å². The lowest BCUT2D eigenvalue weighted by Crippen LogP contribution is -2.57. The third-order valence-corrected chi connectivity index (χ3v) is 5.74. The van der Waals surface area contributed by atoms with Gasteiger partial charge >= 0.3 is 0 Å². The summed E-state index contributed by atoms with van der Waals surface area (Å²) in [6.07, 6.45) is 2.77. The van der Waals surface area contributed by atoms with Crippen molar-refractivity contribution in [1.29, 1.82) is 0 Å². The molecule has 2 aromatic rings. The van der Waals surface area contributed by atoms with Gasteiger partial charge in [0.25, 0.3) is 5.91 Å². The minimum atomic E-state index is -0.930. The van der Waals surface area contributed by atoms with Gasteiger partial charge in [-0.25, -0.2) is 4.98 Å². The summed E-state index contributed by atoms with van der Waals surface area (Å²) in [6, 6.07) is 11.1. The summed E-state index contributed by atoms with van der Waals surface area (Å²) in [7, 11) is 0. The maximum atomic E-state index is 13.3. The highest BCUT2D eigenvalue weighted by molar-refractivity contribution is 6.32. The van der Waals surface area contributed by atoms with E-state index < -0.39 is 5.60 Å². The SMILES string of the molecule is Cc1ccc(CN(C(=O)c2cccnc2Cl)C(C)C2(O)CCNCC2)cc1. The number of rotatable bonds is 5. The minimum Gasteiger partial charge on any atom is -0.388 e. The van der Waals surface area contributed by atoms with E-state index in [9.17, 15) is 9.90 Å². The Hall–Kier alpha value is -1.95. The van der Waals surface area contributed by atoms with Gasteiger partial charge < -0.3 is 15.3 Å². The van der Waals surface area contributed by atoms with Crippen LogP contribution in [0.3, 0.4) is 0 Å². The Labute approximate surface area is 165 Å². The van der Waals surface area contributed by atoms with E-state index in [-0.39, 0.29) is 17.1 Å². The molecule has 0 radical (unpaired) electrons. The second kappa shape index (κ2) is 8.38. The highest BCUT2D eigenvalue weighted by Crippen LogP contribution is 2.29. The van der Waals surface area contributed by atoms with Gasteiger partial charge in [0, 0.05) is 12.7 Å². The fourth-order valence-electron chi connectivity index (χ4n) is 3.54. The molecule has 27 heavy (non-hydrogen) atoms. The number of carbonyl (C=O) groups excluding carboxylic acids is 1. The number of aryl methyl sites for hydroxylation is 1. The molecule has 0 saturated carbocycles. The Morgan fingerprint density at radius 2 is 1.96 bits per heavy atom. The number of hydrogen-bond donors (Lipinski definition) is 2. The molecule has 1 unspecified atom stereocenters. The average Bonchev–Trinajstić information content (AvgIpc) is 2.67. The van der Waals surface area contributed by atoms with E-state index in [1.165, 1.54) is 0 Å². The van der Waals surface area contributed by atoms with Crippen molar-refractivity contribution in [1.82, 2.24) is 15.2 Å². The molecule has 0 spiro atoms. The molecule has 5 nitrogen and oxygen atoms in total. The van der Waals surface area contributed by atoms with Gasteiger partial charge in [0.15, 0.2) is 0 Å². The fourth-order valence-corrected chi connectivity index (χ4v) is 3.74. The lowest BCUT2D eigenvalue weighted by atomic mass is 9.84. The van der Waals surface area contributed by atoms with E-state index >= 15 is 0 Å². The van der Waals surface area contributed by atoms with E-state index in [1.807, 2.05) is 38.1 Å². The molecule has 1 aliphatic heterocycles.